The molecule has 2 nitrogen and oxygen atoms in total. The normalized spacial score (nSPS) is 10.9. The fourth-order valence-electron chi connectivity index (χ4n) is 1.39. The second kappa shape index (κ2) is 5.21. The van der Waals surface area contributed by atoms with Crippen molar-refractivity contribution in [2.75, 3.05) is 0 Å². The maximum absolute atomic E-state index is 10.6. The summed E-state index contributed by atoms with van der Waals surface area (Å²) in [5.41, 5.74) is 0.884. The van der Waals surface area contributed by atoms with Crippen LogP contribution in [0.5, 0.6) is 0 Å². The first-order chi connectivity index (χ1) is 8.15. The summed E-state index contributed by atoms with van der Waals surface area (Å²) in [6.07, 6.45) is 2.76. The molecule has 0 aliphatic carbocycles. The van der Waals surface area contributed by atoms with Crippen LogP contribution in [-0.4, -0.2) is 5.24 Å². The van der Waals surface area contributed by atoms with Crippen LogP contribution in [0.4, 0.5) is 0 Å². The zero-order chi connectivity index (χ0) is 12.3. The summed E-state index contributed by atoms with van der Waals surface area (Å²) < 4.78 is 5.52. The molecule has 0 N–H and O–H groups in total. The number of carbonyl (C=O) groups is 1. The van der Waals surface area contributed by atoms with Crippen LogP contribution in [0.25, 0.3) is 17.4 Å². The fraction of sp³-hybridized carbons (Fsp3) is 0. The third kappa shape index (κ3) is 3.22. The largest absolute Gasteiger partial charge is 0.457 e. The Balaban J connectivity index is 2.27. The summed E-state index contributed by atoms with van der Waals surface area (Å²) in [7, 11) is 0. The number of hydrogen-bond donors (Lipinski definition) is 0. The molecule has 0 spiro atoms. The third-order valence-electron chi connectivity index (χ3n) is 2.11. The van der Waals surface area contributed by atoms with Gasteiger partial charge in [0.05, 0.1) is 0 Å². The molecule has 0 atom stereocenters. The zero-order valence-corrected chi connectivity index (χ0v) is 10.2. The molecule has 4 heteroatoms. The van der Waals surface area contributed by atoms with Gasteiger partial charge in [-0.15, -0.1) is 0 Å². The van der Waals surface area contributed by atoms with Gasteiger partial charge in [0, 0.05) is 16.7 Å². The number of halogens is 2. The Bertz CT molecular complexity index is 570. The lowest BCUT2D eigenvalue weighted by Gasteiger charge is -1.96. The minimum Gasteiger partial charge on any atom is -0.457 e. The predicted molar refractivity (Wildman–Crippen MR) is 69.0 cm³/mol. The zero-order valence-electron chi connectivity index (χ0n) is 8.69. The highest BCUT2D eigenvalue weighted by molar-refractivity contribution is 6.66. The van der Waals surface area contributed by atoms with E-state index in [0.717, 1.165) is 5.56 Å². The average Bonchev–Trinajstić information content (AvgIpc) is 2.75. The van der Waals surface area contributed by atoms with Gasteiger partial charge in [0.2, 0.25) is 5.24 Å². The molecule has 86 valence electrons. The summed E-state index contributed by atoms with van der Waals surface area (Å²) >= 11 is 11.1. The van der Waals surface area contributed by atoms with Gasteiger partial charge in [-0.25, -0.2) is 0 Å². The van der Waals surface area contributed by atoms with Gasteiger partial charge in [-0.2, -0.15) is 0 Å². The molecule has 1 heterocycles. The van der Waals surface area contributed by atoms with Crippen molar-refractivity contribution in [3.8, 4) is 11.3 Å². The second-order valence-electron chi connectivity index (χ2n) is 3.35. The molecular formula is C13H8Cl2O2. The van der Waals surface area contributed by atoms with Crippen molar-refractivity contribution < 1.29 is 9.21 Å². The Labute approximate surface area is 108 Å². The molecule has 0 bridgehead atoms. The van der Waals surface area contributed by atoms with Crippen molar-refractivity contribution in [3.63, 3.8) is 0 Å². The van der Waals surface area contributed by atoms with Gasteiger partial charge in [-0.3, -0.25) is 4.79 Å². The van der Waals surface area contributed by atoms with Gasteiger partial charge in [-0.05, 0) is 41.9 Å². The Kier molecular flexibility index (Phi) is 3.67. The van der Waals surface area contributed by atoms with Gasteiger partial charge >= 0.3 is 0 Å². The highest BCUT2D eigenvalue weighted by Crippen LogP contribution is 2.25. The highest BCUT2D eigenvalue weighted by atomic mass is 35.5. The number of benzene rings is 1. The summed E-state index contributed by atoms with van der Waals surface area (Å²) in [5, 5.41) is 0.109. The molecule has 0 unspecified atom stereocenters. The van der Waals surface area contributed by atoms with E-state index >= 15 is 0 Å². The lowest BCUT2D eigenvalue weighted by Crippen LogP contribution is -1.74. The SMILES string of the molecule is O=C(Cl)C=Cc1ccc(-c2cccc(Cl)c2)o1. The quantitative estimate of drug-likeness (QED) is 0.610. The molecule has 1 aromatic carbocycles. The van der Waals surface area contributed by atoms with E-state index in [4.69, 9.17) is 27.6 Å². The van der Waals surface area contributed by atoms with E-state index < -0.39 is 5.24 Å². The van der Waals surface area contributed by atoms with Crippen LogP contribution in [0.2, 0.25) is 5.02 Å². The highest BCUT2D eigenvalue weighted by Gasteiger charge is 2.03. The van der Waals surface area contributed by atoms with Crippen LogP contribution < -0.4 is 0 Å². The molecule has 2 rings (SSSR count). The van der Waals surface area contributed by atoms with Crippen molar-refractivity contribution in [1.82, 2.24) is 0 Å². The molecule has 0 amide bonds. The third-order valence-corrected chi connectivity index (χ3v) is 2.48. The maximum Gasteiger partial charge on any atom is 0.245 e. The monoisotopic (exact) mass is 266 g/mol. The average molecular weight is 267 g/mol. The topological polar surface area (TPSA) is 30.2 Å². The summed E-state index contributed by atoms with van der Waals surface area (Å²) in [5.74, 6) is 1.25. The smallest absolute Gasteiger partial charge is 0.245 e. The van der Waals surface area contributed by atoms with Crippen molar-refractivity contribution in [2.45, 2.75) is 0 Å². The van der Waals surface area contributed by atoms with Crippen LogP contribution in [-0.2, 0) is 4.79 Å². The molecule has 0 saturated carbocycles. The molecule has 0 radical (unpaired) electrons. The first-order valence-corrected chi connectivity index (χ1v) is 5.64. The van der Waals surface area contributed by atoms with Crippen molar-refractivity contribution in [2.24, 2.45) is 0 Å². The number of carbonyl (C=O) groups excluding carboxylic acids is 1. The van der Waals surface area contributed by atoms with Gasteiger partial charge in [-0.1, -0.05) is 23.7 Å². The van der Waals surface area contributed by atoms with Gasteiger partial charge in [0.1, 0.15) is 11.5 Å². The molecule has 1 aromatic heterocycles. The molecule has 17 heavy (non-hydrogen) atoms. The van der Waals surface area contributed by atoms with Gasteiger partial charge in [0.25, 0.3) is 0 Å². The van der Waals surface area contributed by atoms with E-state index in [1.54, 1.807) is 18.2 Å². The molecule has 0 aliphatic heterocycles. The standard InChI is InChI=1S/C13H8Cl2O2/c14-10-3-1-2-9(8-10)12-6-4-11(17-12)5-7-13(15)16/h1-8H. The van der Waals surface area contributed by atoms with Crippen LogP contribution in [0.3, 0.4) is 0 Å². The molecule has 2 aromatic rings. The summed E-state index contributed by atoms with van der Waals surface area (Å²) in [4.78, 5) is 10.6. The van der Waals surface area contributed by atoms with Crippen molar-refractivity contribution in [3.05, 3.63) is 53.3 Å². The molecule has 0 aliphatic rings. The number of furan rings is 1. The van der Waals surface area contributed by atoms with E-state index in [-0.39, 0.29) is 0 Å². The number of rotatable bonds is 3. The van der Waals surface area contributed by atoms with Crippen LogP contribution >= 0.6 is 23.2 Å². The van der Waals surface area contributed by atoms with E-state index in [1.807, 2.05) is 18.2 Å². The van der Waals surface area contributed by atoms with Gasteiger partial charge in [0.15, 0.2) is 0 Å². The maximum atomic E-state index is 10.6. The lowest BCUT2D eigenvalue weighted by atomic mass is 10.2. The van der Waals surface area contributed by atoms with E-state index in [9.17, 15) is 4.79 Å². The number of hydrogen-bond acceptors (Lipinski definition) is 2. The Hall–Kier alpha value is -1.51. The molecule has 0 fully saturated rings. The Morgan fingerprint density at radius 3 is 2.76 bits per heavy atom. The first-order valence-electron chi connectivity index (χ1n) is 4.88. The van der Waals surface area contributed by atoms with Crippen LogP contribution in [0.1, 0.15) is 5.76 Å². The van der Waals surface area contributed by atoms with Crippen LogP contribution in [0, 0.1) is 0 Å². The predicted octanol–water partition coefficient (Wildman–Crippen LogP) is 4.38. The molecule has 0 saturated heterocycles. The fourth-order valence-corrected chi connectivity index (χ4v) is 1.64. The minimum atomic E-state index is -0.536. The first kappa shape index (κ1) is 12.0. The Morgan fingerprint density at radius 1 is 1.24 bits per heavy atom. The van der Waals surface area contributed by atoms with E-state index in [2.05, 4.69) is 0 Å². The summed E-state index contributed by atoms with van der Waals surface area (Å²) in [6.45, 7) is 0. The minimum absolute atomic E-state index is 0.536. The second-order valence-corrected chi connectivity index (χ2v) is 4.16. The van der Waals surface area contributed by atoms with Crippen molar-refractivity contribution in [1.29, 1.82) is 0 Å². The van der Waals surface area contributed by atoms with Gasteiger partial charge < -0.3 is 4.42 Å². The van der Waals surface area contributed by atoms with Crippen molar-refractivity contribution >= 4 is 34.5 Å². The lowest BCUT2D eigenvalue weighted by molar-refractivity contribution is -0.107. The van der Waals surface area contributed by atoms with Crippen LogP contribution in [0.15, 0.2) is 46.9 Å². The Morgan fingerprint density at radius 2 is 2.06 bits per heavy atom. The van der Waals surface area contributed by atoms with E-state index in [0.29, 0.717) is 16.5 Å². The van der Waals surface area contributed by atoms with E-state index in [1.165, 1.54) is 12.2 Å². The molecular weight excluding hydrogens is 259 g/mol. The summed E-state index contributed by atoms with van der Waals surface area (Å²) in [6, 6.07) is 10.9. The number of allylic oxidation sites excluding steroid dienone is 1.